The molecule has 9 nitrogen and oxygen atoms in total. The molecule has 2 aromatic carbocycles. The molecule has 0 spiro atoms. The molecule has 0 unspecified atom stereocenters. The second-order valence-electron chi connectivity index (χ2n) is 11.5. The van der Waals surface area contributed by atoms with Gasteiger partial charge in [0.2, 0.25) is 10.0 Å². The standard InChI is InChI=1S/C31H38FN3O6S/c1-19(2)27(33)30(37)41-18-35-17-23(32)16-25(29(35)36)22-14-21(28(40-6)26(15-22)31(3,4)5)11-8-20-9-12-24(13-10-20)34-42(7,38)39/h8-17,19,27,34H,18,33H2,1-7H3/p+1/b11-8+/t27-/m0/s1. The van der Waals surface area contributed by atoms with E-state index in [0.29, 0.717) is 22.6 Å². The number of ether oxygens (including phenoxy) is 2. The molecule has 3 aromatic rings. The van der Waals surface area contributed by atoms with Crippen molar-refractivity contribution in [1.29, 1.82) is 0 Å². The Morgan fingerprint density at radius 3 is 2.31 bits per heavy atom. The number of benzene rings is 2. The van der Waals surface area contributed by atoms with Crippen molar-refractivity contribution in [2.75, 3.05) is 18.1 Å². The summed E-state index contributed by atoms with van der Waals surface area (Å²) in [6.45, 7) is 9.23. The Hall–Kier alpha value is -3.96. The molecule has 0 fully saturated rings. The van der Waals surface area contributed by atoms with Crippen molar-refractivity contribution in [2.24, 2.45) is 5.92 Å². The van der Waals surface area contributed by atoms with E-state index in [1.54, 1.807) is 43.5 Å². The molecule has 11 heteroatoms. The highest BCUT2D eigenvalue weighted by Crippen LogP contribution is 2.38. The second-order valence-corrected chi connectivity index (χ2v) is 13.3. The normalized spacial score (nSPS) is 12.9. The van der Waals surface area contributed by atoms with Crippen LogP contribution < -0.4 is 20.8 Å². The highest BCUT2D eigenvalue weighted by Gasteiger charge is 2.25. The zero-order chi connectivity index (χ0) is 31.4. The minimum absolute atomic E-state index is 0.0547. The van der Waals surface area contributed by atoms with E-state index in [-0.39, 0.29) is 11.5 Å². The smallest absolute Gasteiger partial charge is 0.366 e. The summed E-state index contributed by atoms with van der Waals surface area (Å²) in [4.78, 5) is 25.8. The number of quaternary nitrogens is 1. The molecule has 3 rings (SSSR count). The van der Waals surface area contributed by atoms with Crippen LogP contribution in [0.25, 0.3) is 23.3 Å². The second kappa shape index (κ2) is 12.9. The lowest BCUT2D eigenvalue weighted by Crippen LogP contribution is -2.67. The third-order valence-electron chi connectivity index (χ3n) is 6.62. The SMILES string of the molecule is COc1c(/C=C/c2ccc(NS(C)(=O)=O)cc2)cc(-c2cc(F)cn(COC(=O)[C@@H]([NH3+])C(C)C)c2=O)cc1C(C)(C)C. The van der Waals surface area contributed by atoms with Crippen molar-refractivity contribution < 1.29 is 32.8 Å². The molecule has 0 aliphatic rings. The van der Waals surface area contributed by atoms with E-state index in [4.69, 9.17) is 9.47 Å². The quantitative estimate of drug-likeness (QED) is 0.264. The molecular formula is C31H39FN3O6S+. The summed E-state index contributed by atoms with van der Waals surface area (Å²) in [6, 6.07) is 10.9. The lowest BCUT2D eigenvalue weighted by molar-refractivity contribution is -0.419. The highest BCUT2D eigenvalue weighted by molar-refractivity contribution is 7.92. The molecule has 4 N–H and O–H groups in total. The molecule has 0 saturated carbocycles. The molecule has 0 radical (unpaired) electrons. The molecule has 0 aliphatic carbocycles. The van der Waals surface area contributed by atoms with Crippen LogP contribution in [0.15, 0.2) is 53.5 Å². The van der Waals surface area contributed by atoms with Crippen molar-refractivity contribution in [3.63, 3.8) is 0 Å². The van der Waals surface area contributed by atoms with Crippen molar-refractivity contribution in [1.82, 2.24) is 4.57 Å². The molecule has 0 aliphatic heterocycles. The van der Waals surface area contributed by atoms with E-state index in [2.05, 4.69) is 10.5 Å². The number of nitrogens with zero attached hydrogens (tertiary/aromatic N) is 1. The molecule has 0 bridgehead atoms. The number of rotatable bonds is 10. The first-order chi connectivity index (χ1) is 19.5. The predicted octanol–water partition coefficient (Wildman–Crippen LogP) is 4.27. The van der Waals surface area contributed by atoms with Gasteiger partial charge in [0.15, 0.2) is 12.8 Å². The number of anilines is 1. The first-order valence-corrected chi connectivity index (χ1v) is 15.3. The van der Waals surface area contributed by atoms with Crippen LogP contribution in [0.4, 0.5) is 10.1 Å². The van der Waals surface area contributed by atoms with E-state index in [9.17, 15) is 22.4 Å². The number of esters is 1. The Kier molecular flexibility index (Phi) is 10.0. The minimum atomic E-state index is -3.40. The van der Waals surface area contributed by atoms with Gasteiger partial charge < -0.3 is 15.2 Å². The van der Waals surface area contributed by atoms with Gasteiger partial charge in [-0.1, -0.05) is 58.9 Å². The number of hydrogen-bond donors (Lipinski definition) is 2. The van der Waals surface area contributed by atoms with Crippen molar-refractivity contribution in [3.05, 3.63) is 81.5 Å². The molecule has 1 aromatic heterocycles. The van der Waals surface area contributed by atoms with Gasteiger partial charge in [-0.25, -0.2) is 17.6 Å². The van der Waals surface area contributed by atoms with Gasteiger partial charge in [-0.05, 0) is 46.9 Å². The van der Waals surface area contributed by atoms with E-state index >= 15 is 0 Å². The number of nitrogens with one attached hydrogen (secondary N) is 1. The van der Waals surface area contributed by atoms with Crippen LogP contribution in [0, 0.1) is 11.7 Å². The topological polar surface area (TPSA) is 131 Å². The van der Waals surface area contributed by atoms with E-state index < -0.39 is 45.6 Å². The van der Waals surface area contributed by atoms with E-state index in [1.807, 2.05) is 46.8 Å². The maximum atomic E-state index is 14.8. The molecule has 1 heterocycles. The summed E-state index contributed by atoms with van der Waals surface area (Å²) in [6.07, 6.45) is 5.73. The number of sulfonamides is 1. The van der Waals surface area contributed by atoms with Gasteiger partial charge in [0.05, 0.1) is 18.9 Å². The van der Waals surface area contributed by atoms with Gasteiger partial charge in [-0.3, -0.25) is 14.1 Å². The number of carbonyl (C=O) groups excluding carboxylic acids is 1. The molecule has 0 amide bonds. The zero-order valence-corrected chi connectivity index (χ0v) is 25.8. The highest BCUT2D eigenvalue weighted by atomic mass is 32.2. The summed E-state index contributed by atoms with van der Waals surface area (Å²) in [7, 11) is -1.84. The first kappa shape index (κ1) is 32.6. The van der Waals surface area contributed by atoms with Gasteiger partial charge in [-0.2, -0.15) is 0 Å². The molecule has 42 heavy (non-hydrogen) atoms. The van der Waals surface area contributed by atoms with Crippen molar-refractivity contribution >= 4 is 33.8 Å². The van der Waals surface area contributed by atoms with Crippen LogP contribution in [-0.2, 0) is 31.7 Å². The summed E-state index contributed by atoms with van der Waals surface area (Å²) in [5.41, 5.74) is 6.11. The van der Waals surface area contributed by atoms with Gasteiger partial charge in [0.25, 0.3) is 5.56 Å². The van der Waals surface area contributed by atoms with Gasteiger partial charge >= 0.3 is 5.97 Å². The zero-order valence-electron chi connectivity index (χ0n) is 25.0. The fourth-order valence-electron chi connectivity index (χ4n) is 4.19. The number of carbonyl (C=O) groups is 1. The molecular weight excluding hydrogens is 561 g/mol. The van der Waals surface area contributed by atoms with Crippen LogP contribution in [-0.4, -0.2) is 38.4 Å². The Morgan fingerprint density at radius 1 is 1.12 bits per heavy atom. The number of aromatic nitrogens is 1. The number of methoxy groups -OCH3 is 1. The number of halogens is 1. The largest absolute Gasteiger partial charge is 0.496 e. The van der Waals surface area contributed by atoms with Crippen LogP contribution in [0.5, 0.6) is 5.75 Å². The number of hydrogen-bond acceptors (Lipinski definition) is 6. The summed E-state index contributed by atoms with van der Waals surface area (Å²) in [5, 5.41) is 0. The molecule has 226 valence electrons. The summed E-state index contributed by atoms with van der Waals surface area (Å²) < 4.78 is 52.3. The molecule has 0 saturated heterocycles. The maximum absolute atomic E-state index is 14.8. The van der Waals surface area contributed by atoms with Crippen LogP contribution in [0.3, 0.4) is 0 Å². The predicted molar refractivity (Wildman–Crippen MR) is 163 cm³/mol. The minimum Gasteiger partial charge on any atom is -0.496 e. The van der Waals surface area contributed by atoms with Crippen LogP contribution in [0.2, 0.25) is 0 Å². The van der Waals surface area contributed by atoms with Crippen molar-refractivity contribution in [2.45, 2.75) is 52.8 Å². The Bertz CT molecular complexity index is 1640. The lowest BCUT2D eigenvalue weighted by Gasteiger charge is -2.25. The Labute approximate surface area is 246 Å². The molecule has 1 atom stereocenters. The third-order valence-corrected chi connectivity index (χ3v) is 7.22. The van der Waals surface area contributed by atoms with Crippen molar-refractivity contribution in [3.8, 4) is 16.9 Å². The van der Waals surface area contributed by atoms with Crippen LogP contribution >= 0.6 is 0 Å². The third kappa shape index (κ3) is 8.29. The number of pyridine rings is 1. The van der Waals surface area contributed by atoms with Gasteiger partial charge in [0, 0.05) is 28.9 Å². The monoisotopic (exact) mass is 600 g/mol. The fourth-order valence-corrected chi connectivity index (χ4v) is 4.76. The Balaban J connectivity index is 2.08. The fraction of sp³-hybridized carbons (Fsp3) is 0.355. The Morgan fingerprint density at radius 2 is 1.76 bits per heavy atom. The van der Waals surface area contributed by atoms with Gasteiger partial charge in [0.1, 0.15) is 11.6 Å². The summed E-state index contributed by atoms with van der Waals surface area (Å²) in [5.74, 6) is -0.696. The summed E-state index contributed by atoms with van der Waals surface area (Å²) >= 11 is 0. The lowest BCUT2D eigenvalue weighted by atomic mass is 9.83. The first-order valence-electron chi connectivity index (χ1n) is 13.4. The maximum Gasteiger partial charge on any atom is 0.366 e. The average molecular weight is 601 g/mol. The van der Waals surface area contributed by atoms with Gasteiger partial charge in [-0.15, -0.1) is 0 Å². The van der Waals surface area contributed by atoms with E-state index in [1.165, 1.54) is 0 Å². The van der Waals surface area contributed by atoms with E-state index in [0.717, 1.165) is 34.2 Å². The van der Waals surface area contributed by atoms with Crippen LogP contribution in [0.1, 0.15) is 51.3 Å². The average Bonchev–Trinajstić information content (AvgIpc) is 2.90.